The molecule has 28 heavy (non-hydrogen) atoms. The van der Waals surface area contributed by atoms with Crippen molar-refractivity contribution >= 4 is 56.0 Å². The van der Waals surface area contributed by atoms with E-state index in [-0.39, 0.29) is 5.91 Å². The minimum absolute atomic E-state index is 0.00957. The van der Waals surface area contributed by atoms with Crippen molar-refractivity contribution in [1.29, 1.82) is 0 Å². The number of carbonyl (C=O) groups excluding carboxylic acids is 1. The van der Waals surface area contributed by atoms with E-state index in [2.05, 4.69) is 9.97 Å². The summed E-state index contributed by atoms with van der Waals surface area (Å²) in [7, 11) is 0. The number of para-hydroxylation sites is 1. The van der Waals surface area contributed by atoms with Crippen LogP contribution in [0.25, 0.3) is 10.2 Å². The summed E-state index contributed by atoms with van der Waals surface area (Å²) in [6, 6.07) is 21.1. The van der Waals surface area contributed by atoms with Gasteiger partial charge in [-0.15, -0.1) is 11.8 Å². The van der Waals surface area contributed by atoms with Crippen molar-refractivity contribution in [3.63, 3.8) is 0 Å². The van der Waals surface area contributed by atoms with Crippen LogP contribution in [0.15, 0.2) is 77.8 Å². The van der Waals surface area contributed by atoms with Crippen LogP contribution in [0.5, 0.6) is 0 Å². The second-order valence-corrected chi connectivity index (χ2v) is 8.50. The molecule has 0 fully saturated rings. The van der Waals surface area contributed by atoms with E-state index in [1.807, 2.05) is 66.7 Å². The Balaban J connectivity index is 1.58. The Morgan fingerprint density at radius 2 is 1.82 bits per heavy atom. The summed E-state index contributed by atoms with van der Waals surface area (Å²) in [6.07, 6.45) is 1.73. The Labute approximate surface area is 176 Å². The van der Waals surface area contributed by atoms with Gasteiger partial charge in [-0.1, -0.05) is 41.1 Å². The molecule has 2 heterocycles. The summed E-state index contributed by atoms with van der Waals surface area (Å²) < 4.78 is 1.06. The molecule has 0 aliphatic carbocycles. The van der Waals surface area contributed by atoms with Gasteiger partial charge in [-0.05, 0) is 48.5 Å². The molecule has 0 spiro atoms. The molecule has 4 nitrogen and oxygen atoms in total. The first-order chi connectivity index (χ1) is 13.7. The van der Waals surface area contributed by atoms with Crippen LogP contribution in [0.4, 0.5) is 5.13 Å². The molecule has 4 rings (SSSR count). The van der Waals surface area contributed by atoms with Gasteiger partial charge in [0.25, 0.3) is 0 Å². The second kappa shape index (κ2) is 8.73. The topological polar surface area (TPSA) is 46.1 Å². The number of pyridine rings is 1. The van der Waals surface area contributed by atoms with E-state index in [1.165, 1.54) is 23.1 Å². The number of hydrogen-bond acceptors (Lipinski definition) is 5. The van der Waals surface area contributed by atoms with Crippen LogP contribution in [0, 0.1) is 0 Å². The van der Waals surface area contributed by atoms with Crippen molar-refractivity contribution < 1.29 is 4.79 Å². The molecule has 0 radical (unpaired) electrons. The molecule has 140 valence electrons. The van der Waals surface area contributed by atoms with E-state index in [9.17, 15) is 4.79 Å². The lowest BCUT2D eigenvalue weighted by molar-refractivity contribution is -0.116. The number of aromatic nitrogens is 2. The molecule has 0 saturated heterocycles. The number of hydrogen-bond donors (Lipinski definition) is 0. The predicted molar refractivity (Wildman–Crippen MR) is 117 cm³/mol. The van der Waals surface area contributed by atoms with Crippen molar-refractivity contribution in [3.05, 3.63) is 83.6 Å². The van der Waals surface area contributed by atoms with Crippen LogP contribution in [-0.2, 0) is 11.3 Å². The smallest absolute Gasteiger partial charge is 0.239 e. The van der Waals surface area contributed by atoms with Crippen LogP contribution in [-0.4, -0.2) is 21.6 Å². The number of nitrogens with zero attached hydrogens (tertiary/aromatic N) is 3. The maximum atomic E-state index is 13.1. The molecule has 2 aromatic heterocycles. The number of benzene rings is 2. The summed E-state index contributed by atoms with van der Waals surface area (Å²) in [5.41, 5.74) is 1.72. The average Bonchev–Trinajstić information content (AvgIpc) is 3.16. The van der Waals surface area contributed by atoms with Crippen molar-refractivity contribution in [2.75, 3.05) is 10.7 Å². The number of rotatable bonds is 6. The number of anilines is 1. The fourth-order valence-corrected chi connectivity index (χ4v) is 4.53. The van der Waals surface area contributed by atoms with Crippen LogP contribution < -0.4 is 4.90 Å². The molecule has 0 aliphatic heterocycles. The molecule has 7 heteroatoms. The van der Waals surface area contributed by atoms with E-state index in [1.54, 1.807) is 11.1 Å². The molecule has 0 bridgehead atoms. The van der Waals surface area contributed by atoms with Crippen LogP contribution in [0.2, 0.25) is 5.02 Å². The Kier molecular flexibility index (Phi) is 5.90. The van der Waals surface area contributed by atoms with Gasteiger partial charge in [0.1, 0.15) is 0 Å². The lowest BCUT2D eigenvalue weighted by Crippen LogP contribution is -2.32. The van der Waals surface area contributed by atoms with Crippen LogP contribution in [0.1, 0.15) is 5.69 Å². The lowest BCUT2D eigenvalue weighted by Gasteiger charge is -2.19. The molecule has 4 aromatic rings. The Morgan fingerprint density at radius 3 is 2.57 bits per heavy atom. The summed E-state index contributed by atoms with van der Waals surface area (Å²) in [6.45, 7) is 0.390. The van der Waals surface area contributed by atoms with Gasteiger partial charge in [-0.25, -0.2) is 4.98 Å². The highest BCUT2D eigenvalue weighted by molar-refractivity contribution is 8.00. The zero-order valence-corrected chi connectivity index (χ0v) is 17.2. The molecule has 2 aromatic carbocycles. The Morgan fingerprint density at radius 1 is 1.04 bits per heavy atom. The van der Waals surface area contributed by atoms with Gasteiger partial charge in [0.05, 0.1) is 28.2 Å². The highest BCUT2D eigenvalue weighted by atomic mass is 35.5. The maximum Gasteiger partial charge on any atom is 0.239 e. The predicted octanol–water partition coefficient (Wildman–Crippen LogP) is 5.67. The lowest BCUT2D eigenvalue weighted by atomic mass is 10.3. The summed E-state index contributed by atoms with van der Waals surface area (Å²) in [5.74, 6) is 0.300. The SMILES string of the molecule is O=C(CSc1ccc(Cl)cc1)N(Cc1ccccn1)c1nc2ccccc2s1. The zero-order chi connectivity index (χ0) is 19.3. The molecule has 0 N–H and O–H groups in total. The molecule has 0 aliphatic rings. The summed E-state index contributed by atoms with van der Waals surface area (Å²) in [4.78, 5) is 24.8. The number of fused-ring (bicyclic) bond motifs is 1. The second-order valence-electron chi connectivity index (χ2n) is 6.01. The number of amides is 1. The van der Waals surface area contributed by atoms with E-state index in [0.717, 1.165) is 20.8 Å². The third-order valence-corrected chi connectivity index (χ3v) is 6.34. The number of thiazole rings is 1. The largest absolute Gasteiger partial charge is 0.281 e. The van der Waals surface area contributed by atoms with Crippen molar-refractivity contribution in [3.8, 4) is 0 Å². The van der Waals surface area contributed by atoms with E-state index in [4.69, 9.17) is 11.6 Å². The Bertz CT molecular complexity index is 1050. The van der Waals surface area contributed by atoms with Crippen molar-refractivity contribution in [2.24, 2.45) is 0 Å². The van der Waals surface area contributed by atoms with Crippen LogP contribution >= 0.6 is 34.7 Å². The van der Waals surface area contributed by atoms with E-state index in [0.29, 0.717) is 22.5 Å². The van der Waals surface area contributed by atoms with Gasteiger partial charge < -0.3 is 0 Å². The fourth-order valence-electron chi connectivity index (χ4n) is 2.65. The van der Waals surface area contributed by atoms with Gasteiger partial charge >= 0.3 is 0 Å². The molecule has 0 unspecified atom stereocenters. The molecule has 0 atom stereocenters. The quantitative estimate of drug-likeness (QED) is 0.373. The van der Waals surface area contributed by atoms with Gasteiger partial charge in [-0.2, -0.15) is 0 Å². The normalized spacial score (nSPS) is 10.9. The molecule has 1 amide bonds. The van der Waals surface area contributed by atoms with Crippen LogP contribution in [0.3, 0.4) is 0 Å². The standard InChI is InChI=1S/C21H16ClN3OS2/c22-15-8-10-17(11-9-15)27-14-20(26)25(13-16-5-3-4-12-23-16)21-24-18-6-1-2-7-19(18)28-21/h1-12H,13-14H2. The Hall–Kier alpha value is -2.41. The fraction of sp³-hybridized carbons (Fsp3) is 0.0952. The van der Waals surface area contributed by atoms with E-state index >= 15 is 0 Å². The number of thioether (sulfide) groups is 1. The summed E-state index contributed by atoms with van der Waals surface area (Å²) in [5, 5.41) is 1.37. The first-order valence-corrected chi connectivity index (χ1v) is 10.8. The molecule has 0 saturated carbocycles. The average molecular weight is 426 g/mol. The zero-order valence-electron chi connectivity index (χ0n) is 14.8. The molecular formula is C21H16ClN3OS2. The summed E-state index contributed by atoms with van der Waals surface area (Å²) >= 11 is 8.94. The van der Waals surface area contributed by atoms with Gasteiger partial charge in [-0.3, -0.25) is 14.7 Å². The maximum absolute atomic E-state index is 13.1. The monoisotopic (exact) mass is 425 g/mol. The highest BCUT2D eigenvalue weighted by Crippen LogP contribution is 2.30. The van der Waals surface area contributed by atoms with Gasteiger partial charge in [0.15, 0.2) is 5.13 Å². The number of halogens is 1. The minimum atomic E-state index is -0.00957. The van der Waals surface area contributed by atoms with Gasteiger partial charge in [0.2, 0.25) is 5.91 Å². The van der Waals surface area contributed by atoms with Crippen molar-refractivity contribution in [2.45, 2.75) is 11.4 Å². The third-order valence-electron chi connectivity index (χ3n) is 4.04. The van der Waals surface area contributed by atoms with E-state index < -0.39 is 0 Å². The first kappa shape index (κ1) is 18.9. The molecular weight excluding hydrogens is 410 g/mol. The first-order valence-electron chi connectivity index (χ1n) is 8.63. The minimum Gasteiger partial charge on any atom is -0.281 e. The highest BCUT2D eigenvalue weighted by Gasteiger charge is 2.21. The van der Waals surface area contributed by atoms with Crippen molar-refractivity contribution in [1.82, 2.24) is 9.97 Å². The van der Waals surface area contributed by atoms with Gasteiger partial charge in [0, 0.05) is 16.1 Å². The number of carbonyl (C=O) groups is 1. The third kappa shape index (κ3) is 4.52.